The molecule has 0 saturated carbocycles. The minimum atomic E-state index is -5.48. The van der Waals surface area contributed by atoms with Gasteiger partial charge in [0.25, 0.3) is 0 Å². The van der Waals surface area contributed by atoms with Crippen LogP contribution in [-0.2, 0) is 19.0 Å². The van der Waals surface area contributed by atoms with Crippen molar-refractivity contribution in [2.75, 3.05) is 6.61 Å². The molecule has 1 rings (SSSR count). The maximum atomic E-state index is 12.0. The van der Waals surface area contributed by atoms with Crippen molar-refractivity contribution in [2.24, 2.45) is 0 Å². The highest BCUT2D eigenvalue weighted by molar-refractivity contribution is 7.87. The lowest BCUT2D eigenvalue weighted by Gasteiger charge is -2.28. The van der Waals surface area contributed by atoms with Gasteiger partial charge in [0.1, 0.15) is 0 Å². The smallest absolute Gasteiger partial charge is 0.378 e. The molecule has 96 valence electrons. The van der Waals surface area contributed by atoms with Crippen LogP contribution in [0.1, 0.15) is 26.2 Å². The van der Waals surface area contributed by atoms with Crippen molar-refractivity contribution in [1.82, 2.24) is 0 Å². The Morgan fingerprint density at radius 2 is 2.06 bits per heavy atom. The molecule has 1 aliphatic rings. The summed E-state index contributed by atoms with van der Waals surface area (Å²) in [6, 6.07) is 0. The lowest BCUT2D eigenvalue weighted by molar-refractivity contribution is -0.0711. The summed E-state index contributed by atoms with van der Waals surface area (Å²) in [5.74, 6) is 0. The average molecular weight is 262 g/mol. The highest BCUT2D eigenvalue weighted by Crippen LogP contribution is 2.29. The van der Waals surface area contributed by atoms with E-state index in [2.05, 4.69) is 4.18 Å². The van der Waals surface area contributed by atoms with Crippen LogP contribution >= 0.6 is 0 Å². The summed E-state index contributed by atoms with van der Waals surface area (Å²) in [6.07, 6.45) is -0.226. The molecule has 0 aromatic rings. The van der Waals surface area contributed by atoms with Crippen molar-refractivity contribution in [3.8, 4) is 0 Å². The van der Waals surface area contributed by atoms with Gasteiger partial charge < -0.3 is 4.74 Å². The molecule has 2 atom stereocenters. The third kappa shape index (κ3) is 3.33. The Bertz CT molecular complexity index is 325. The number of ether oxygens (including phenoxy) is 1. The van der Waals surface area contributed by atoms with Gasteiger partial charge in [-0.1, -0.05) is 6.92 Å². The third-order valence-electron chi connectivity index (χ3n) is 2.32. The first-order valence-corrected chi connectivity index (χ1v) is 6.28. The fourth-order valence-electron chi connectivity index (χ4n) is 1.45. The molecule has 0 radical (unpaired) electrons. The van der Waals surface area contributed by atoms with Gasteiger partial charge in [0.2, 0.25) is 0 Å². The fourth-order valence-corrected chi connectivity index (χ4v) is 2.09. The van der Waals surface area contributed by atoms with Crippen LogP contribution in [0.25, 0.3) is 0 Å². The maximum absolute atomic E-state index is 12.0. The van der Waals surface area contributed by atoms with E-state index >= 15 is 0 Å². The molecule has 4 nitrogen and oxygen atoms in total. The quantitative estimate of drug-likeness (QED) is 0.575. The van der Waals surface area contributed by atoms with Crippen LogP contribution in [0, 0.1) is 0 Å². The van der Waals surface area contributed by atoms with E-state index in [1.165, 1.54) is 0 Å². The van der Waals surface area contributed by atoms with E-state index in [0.717, 1.165) is 0 Å². The molecule has 0 N–H and O–H groups in total. The molecular weight excluding hydrogens is 249 g/mol. The highest BCUT2D eigenvalue weighted by Gasteiger charge is 2.48. The predicted octanol–water partition coefficient (Wildman–Crippen LogP) is 1.81. The normalized spacial score (nSPS) is 28.0. The largest absolute Gasteiger partial charge is 0.523 e. The molecule has 2 unspecified atom stereocenters. The van der Waals surface area contributed by atoms with Gasteiger partial charge in [0.15, 0.2) is 0 Å². The summed E-state index contributed by atoms with van der Waals surface area (Å²) >= 11 is 0. The van der Waals surface area contributed by atoms with Crippen LogP contribution in [0.3, 0.4) is 0 Å². The second-order valence-electron chi connectivity index (χ2n) is 3.54. The molecule has 8 heteroatoms. The van der Waals surface area contributed by atoms with Crippen LogP contribution in [0.15, 0.2) is 0 Å². The zero-order chi connectivity index (χ0) is 12.4. The van der Waals surface area contributed by atoms with Gasteiger partial charge in [-0.3, -0.25) is 4.18 Å². The lowest BCUT2D eigenvalue weighted by Crippen LogP contribution is -2.36. The molecule has 0 aliphatic carbocycles. The van der Waals surface area contributed by atoms with Crippen molar-refractivity contribution in [3.05, 3.63) is 0 Å². The van der Waals surface area contributed by atoms with Gasteiger partial charge in [0.05, 0.1) is 12.2 Å². The monoisotopic (exact) mass is 262 g/mol. The molecule has 1 aliphatic heterocycles. The Hall–Kier alpha value is -0.340. The van der Waals surface area contributed by atoms with E-state index in [4.69, 9.17) is 4.74 Å². The summed E-state index contributed by atoms with van der Waals surface area (Å²) in [6.45, 7) is 2.03. The van der Waals surface area contributed by atoms with E-state index < -0.39 is 21.7 Å². The molecule has 0 amide bonds. The van der Waals surface area contributed by atoms with Gasteiger partial charge in [-0.2, -0.15) is 21.6 Å². The zero-order valence-electron chi connectivity index (χ0n) is 8.66. The second kappa shape index (κ2) is 4.89. The average Bonchev–Trinajstić information content (AvgIpc) is 2.15. The first kappa shape index (κ1) is 13.7. The molecule has 0 bridgehead atoms. The van der Waals surface area contributed by atoms with Crippen LogP contribution in [-0.4, -0.2) is 32.7 Å². The summed E-state index contributed by atoms with van der Waals surface area (Å²) in [7, 11) is -5.48. The van der Waals surface area contributed by atoms with Gasteiger partial charge >= 0.3 is 15.6 Å². The Labute approximate surface area is 91.8 Å². The standard InChI is InChI=1S/C8H13F3O4S/c1-2-6-5-7(3-4-14-6)15-16(12,13)8(9,10)11/h6-7H,2-5H2,1H3. The van der Waals surface area contributed by atoms with E-state index in [-0.39, 0.29) is 25.6 Å². The summed E-state index contributed by atoms with van der Waals surface area (Å²) in [4.78, 5) is 0. The van der Waals surface area contributed by atoms with Gasteiger partial charge in [-0.05, 0) is 12.8 Å². The minimum Gasteiger partial charge on any atom is -0.378 e. The molecule has 0 spiro atoms. The number of halogens is 3. The van der Waals surface area contributed by atoms with Crippen LogP contribution < -0.4 is 0 Å². The van der Waals surface area contributed by atoms with Crippen molar-refractivity contribution in [2.45, 2.75) is 43.9 Å². The van der Waals surface area contributed by atoms with Gasteiger partial charge in [0, 0.05) is 13.0 Å². The van der Waals surface area contributed by atoms with Crippen LogP contribution in [0.4, 0.5) is 13.2 Å². The Kier molecular flexibility index (Phi) is 4.19. The topological polar surface area (TPSA) is 52.6 Å². The van der Waals surface area contributed by atoms with Crippen molar-refractivity contribution in [1.29, 1.82) is 0 Å². The molecule has 0 aromatic carbocycles. The molecule has 16 heavy (non-hydrogen) atoms. The SMILES string of the molecule is CCC1CC(OS(=O)(=O)C(F)(F)F)CCO1. The van der Waals surface area contributed by atoms with Crippen LogP contribution in [0.2, 0.25) is 0 Å². The fraction of sp³-hybridized carbons (Fsp3) is 1.00. The Balaban J connectivity index is 2.61. The summed E-state index contributed by atoms with van der Waals surface area (Å²) in [5.41, 5.74) is -5.35. The molecule has 1 saturated heterocycles. The maximum Gasteiger partial charge on any atom is 0.523 e. The predicted molar refractivity (Wildman–Crippen MR) is 49.1 cm³/mol. The van der Waals surface area contributed by atoms with Gasteiger partial charge in [-0.25, -0.2) is 0 Å². The Morgan fingerprint density at radius 1 is 1.44 bits per heavy atom. The van der Waals surface area contributed by atoms with E-state index in [1.54, 1.807) is 0 Å². The van der Waals surface area contributed by atoms with E-state index in [0.29, 0.717) is 6.42 Å². The lowest BCUT2D eigenvalue weighted by atomic mass is 10.0. The number of alkyl halides is 3. The summed E-state index contributed by atoms with van der Waals surface area (Å²) in [5, 5.41) is 0. The van der Waals surface area contributed by atoms with E-state index in [1.807, 2.05) is 6.92 Å². The molecule has 0 aromatic heterocycles. The van der Waals surface area contributed by atoms with Gasteiger partial charge in [-0.15, -0.1) is 0 Å². The first-order chi connectivity index (χ1) is 7.26. The Morgan fingerprint density at radius 3 is 2.56 bits per heavy atom. The van der Waals surface area contributed by atoms with Crippen molar-refractivity contribution < 1.29 is 30.5 Å². The second-order valence-corrected chi connectivity index (χ2v) is 5.11. The molecule has 1 heterocycles. The molecule has 1 fully saturated rings. The number of rotatable bonds is 3. The summed E-state index contributed by atoms with van der Waals surface area (Å²) < 4.78 is 66.9. The van der Waals surface area contributed by atoms with Crippen molar-refractivity contribution in [3.63, 3.8) is 0 Å². The van der Waals surface area contributed by atoms with Crippen molar-refractivity contribution >= 4 is 10.1 Å². The third-order valence-corrected chi connectivity index (χ3v) is 3.41. The van der Waals surface area contributed by atoms with E-state index in [9.17, 15) is 21.6 Å². The number of hydrogen-bond donors (Lipinski definition) is 0. The highest BCUT2D eigenvalue weighted by atomic mass is 32.2. The molecular formula is C8H13F3O4S. The van der Waals surface area contributed by atoms with Crippen LogP contribution in [0.5, 0.6) is 0 Å². The minimum absolute atomic E-state index is 0.159. The number of hydrogen-bond acceptors (Lipinski definition) is 4. The first-order valence-electron chi connectivity index (χ1n) is 4.87. The zero-order valence-corrected chi connectivity index (χ0v) is 9.47.